The zero-order chi connectivity index (χ0) is 14.6. The van der Waals surface area contributed by atoms with Crippen LogP contribution < -0.4 is 0 Å². The quantitative estimate of drug-likeness (QED) is 0.758. The van der Waals surface area contributed by atoms with Crippen molar-refractivity contribution in [2.75, 3.05) is 13.1 Å². The van der Waals surface area contributed by atoms with Crippen LogP contribution in [0.5, 0.6) is 0 Å². The van der Waals surface area contributed by atoms with Crippen molar-refractivity contribution in [3.8, 4) is 0 Å². The van der Waals surface area contributed by atoms with Gasteiger partial charge in [-0.05, 0) is 6.92 Å². The van der Waals surface area contributed by atoms with E-state index in [0.29, 0.717) is 22.5 Å². The molecule has 1 aliphatic carbocycles. The smallest absolute Gasteiger partial charge is 0.212 e. The molecule has 1 fully saturated rings. The minimum absolute atomic E-state index is 0.210. The van der Waals surface area contributed by atoms with Crippen molar-refractivity contribution in [2.45, 2.75) is 20.1 Å². The molecule has 2 heterocycles. The van der Waals surface area contributed by atoms with E-state index in [-0.39, 0.29) is 36.0 Å². The Morgan fingerprint density at radius 1 is 1.10 bits per heavy atom. The molecule has 0 bridgehead atoms. The molecule has 0 amide bonds. The van der Waals surface area contributed by atoms with Crippen molar-refractivity contribution in [1.29, 1.82) is 0 Å². The van der Waals surface area contributed by atoms with Crippen LogP contribution in [0.3, 0.4) is 0 Å². The van der Waals surface area contributed by atoms with Gasteiger partial charge in [-0.3, -0.25) is 9.59 Å². The van der Waals surface area contributed by atoms with Crippen molar-refractivity contribution in [3.05, 3.63) is 33.8 Å². The van der Waals surface area contributed by atoms with Gasteiger partial charge in [-0.25, -0.2) is 0 Å². The summed E-state index contributed by atoms with van der Waals surface area (Å²) in [5, 5.41) is 18.9. The van der Waals surface area contributed by atoms with Gasteiger partial charge in [-0.15, -0.1) is 0 Å². The predicted octanol–water partition coefficient (Wildman–Crippen LogP) is -0.0217. The fourth-order valence-electron chi connectivity index (χ4n) is 2.90. The number of aliphatic hydroxyl groups is 2. The number of Topliss-reactive ketones (excluding diaryl/α,β-unsaturated/α-hetero) is 2. The normalized spacial score (nSPS) is 17.9. The van der Waals surface area contributed by atoms with Crippen LogP contribution in [-0.2, 0) is 20.3 Å². The van der Waals surface area contributed by atoms with Gasteiger partial charge in [-0.1, -0.05) is 0 Å². The number of carbonyl (C=O) groups excluding carboxylic acids is 2. The third-order valence-electron chi connectivity index (χ3n) is 4.05. The Hall–Kier alpha value is -1.92. The molecule has 0 unspecified atom stereocenters. The number of fused-ring (bicyclic) bond motifs is 1. The lowest BCUT2D eigenvalue weighted by molar-refractivity contribution is 0.0954. The molecule has 20 heavy (non-hydrogen) atoms. The van der Waals surface area contributed by atoms with Gasteiger partial charge in [0.1, 0.15) is 5.69 Å². The largest absolute Gasteiger partial charge is 0.392 e. The van der Waals surface area contributed by atoms with E-state index in [0.717, 1.165) is 13.1 Å². The molecule has 6 heteroatoms. The second-order valence-corrected chi connectivity index (χ2v) is 5.14. The standard InChI is InChI=1S/C14H16N2O4/c1-7-11(16-3-4-16)14(20)10-8(5-17)9(6-18)15(2)12(10)13(7)19/h17-18H,3-6H2,1-2H3. The maximum Gasteiger partial charge on any atom is 0.212 e. The van der Waals surface area contributed by atoms with Crippen molar-refractivity contribution >= 4 is 11.6 Å². The van der Waals surface area contributed by atoms with E-state index in [1.54, 1.807) is 14.0 Å². The molecule has 1 saturated heterocycles. The number of hydrogen-bond donors (Lipinski definition) is 2. The Labute approximate surface area is 115 Å². The first kappa shape index (κ1) is 13.1. The summed E-state index contributed by atoms with van der Waals surface area (Å²) in [6.07, 6.45) is 0. The minimum Gasteiger partial charge on any atom is -0.392 e. The molecule has 0 saturated carbocycles. The average molecular weight is 276 g/mol. The molecule has 0 atom stereocenters. The van der Waals surface area contributed by atoms with Gasteiger partial charge >= 0.3 is 0 Å². The summed E-state index contributed by atoms with van der Waals surface area (Å²) >= 11 is 0. The van der Waals surface area contributed by atoms with E-state index in [9.17, 15) is 19.8 Å². The van der Waals surface area contributed by atoms with Crippen LogP contribution in [0, 0.1) is 0 Å². The SMILES string of the molecule is CC1=C(N2CC2)C(=O)c2c(CO)c(CO)n(C)c2C1=O. The molecule has 0 spiro atoms. The first-order valence-electron chi connectivity index (χ1n) is 6.50. The van der Waals surface area contributed by atoms with Gasteiger partial charge in [0.25, 0.3) is 0 Å². The van der Waals surface area contributed by atoms with Gasteiger partial charge in [0.15, 0.2) is 0 Å². The summed E-state index contributed by atoms with van der Waals surface area (Å²) < 4.78 is 1.52. The number of aromatic nitrogens is 1. The Morgan fingerprint density at radius 2 is 1.75 bits per heavy atom. The van der Waals surface area contributed by atoms with Crippen molar-refractivity contribution in [2.24, 2.45) is 7.05 Å². The predicted molar refractivity (Wildman–Crippen MR) is 70.2 cm³/mol. The molecule has 1 aliphatic heterocycles. The number of carbonyl (C=O) groups is 2. The number of rotatable bonds is 3. The Balaban J connectivity index is 2.28. The molecule has 0 aromatic carbocycles. The zero-order valence-electron chi connectivity index (χ0n) is 11.4. The Morgan fingerprint density at radius 3 is 2.25 bits per heavy atom. The lowest BCUT2D eigenvalue weighted by Crippen LogP contribution is -2.26. The average Bonchev–Trinajstić information content (AvgIpc) is 3.20. The molecule has 3 rings (SSSR count). The number of hydrogen-bond acceptors (Lipinski definition) is 5. The number of ketones is 2. The molecule has 106 valence electrons. The fourth-order valence-corrected chi connectivity index (χ4v) is 2.90. The van der Waals surface area contributed by atoms with Gasteiger partial charge in [0.05, 0.1) is 24.5 Å². The molecule has 1 aromatic heterocycles. The highest BCUT2D eigenvalue weighted by Gasteiger charge is 2.40. The van der Waals surface area contributed by atoms with E-state index >= 15 is 0 Å². The van der Waals surface area contributed by atoms with Crippen molar-refractivity contribution in [3.63, 3.8) is 0 Å². The summed E-state index contributed by atoms with van der Waals surface area (Å²) in [4.78, 5) is 27.0. The monoisotopic (exact) mass is 276 g/mol. The van der Waals surface area contributed by atoms with Gasteiger partial charge in [0, 0.05) is 37.0 Å². The molecule has 2 aliphatic rings. The summed E-state index contributed by atoms with van der Waals surface area (Å²) in [7, 11) is 1.63. The fraction of sp³-hybridized carbons (Fsp3) is 0.429. The Kier molecular flexibility index (Phi) is 2.81. The molecular formula is C14H16N2O4. The minimum atomic E-state index is -0.371. The molecule has 2 N–H and O–H groups in total. The summed E-state index contributed by atoms with van der Waals surface area (Å²) in [6.45, 7) is 2.51. The Bertz CT molecular complexity index is 665. The zero-order valence-corrected chi connectivity index (χ0v) is 11.4. The molecule has 1 aromatic rings. The van der Waals surface area contributed by atoms with Crippen LogP contribution in [0.25, 0.3) is 0 Å². The first-order chi connectivity index (χ1) is 9.52. The highest BCUT2D eigenvalue weighted by atomic mass is 16.3. The number of nitrogens with zero attached hydrogens (tertiary/aromatic N) is 2. The van der Waals surface area contributed by atoms with Crippen LogP contribution in [0.2, 0.25) is 0 Å². The van der Waals surface area contributed by atoms with Crippen LogP contribution >= 0.6 is 0 Å². The van der Waals surface area contributed by atoms with Crippen LogP contribution in [0.1, 0.15) is 39.0 Å². The lowest BCUT2D eigenvalue weighted by Gasteiger charge is -2.19. The van der Waals surface area contributed by atoms with Crippen molar-refractivity contribution < 1.29 is 19.8 Å². The highest BCUT2D eigenvalue weighted by Crippen LogP contribution is 2.35. The molecule has 6 nitrogen and oxygen atoms in total. The van der Waals surface area contributed by atoms with E-state index in [4.69, 9.17) is 0 Å². The van der Waals surface area contributed by atoms with E-state index in [1.807, 2.05) is 4.90 Å². The lowest BCUT2D eigenvalue weighted by atomic mass is 9.90. The summed E-state index contributed by atoms with van der Waals surface area (Å²) in [5.74, 6) is -0.438. The van der Waals surface area contributed by atoms with Gasteiger partial charge in [0.2, 0.25) is 11.6 Å². The summed E-state index contributed by atoms with van der Waals surface area (Å²) in [5.41, 5.74) is 2.17. The maximum atomic E-state index is 12.7. The van der Waals surface area contributed by atoms with E-state index < -0.39 is 0 Å². The third-order valence-corrected chi connectivity index (χ3v) is 4.05. The topological polar surface area (TPSA) is 82.5 Å². The maximum absolute atomic E-state index is 12.7. The molecule has 0 radical (unpaired) electrons. The van der Waals surface area contributed by atoms with Crippen LogP contribution in [0.4, 0.5) is 0 Å². The van der Waals surface area contributed by atoms with Crippen LogP contribution in [-0.4, -0.2) is 44.3 Å². The number of aliphatic hydroxyl groups excluding tert-OH is 2. The number of allylic oxidation sites excluding steroid dienone is 2. The van der Waals surface area contributed by atoms with Crippen LogP contribution in [0.15, 0.2) is 11.3 Å². The van der Waals surface area contributed by atoms with Crippen molar-refractivity contribution in [1.82, 2.24) is 9.47 Å². The second kappa shape index (κ2) is 4.29. The van der Waals surface area contributed by atoms with E-state index in [2.05, 4.69) is 0 Å². The second-order valence-electron chi connectivity index (χ2n) is 5.14. The van der Waals surface area contributed by atoms with E-state index in [1.165, 1.54) is 4.57 Å². The summed E-state index contributed by atoms with van der Waals surface area (Å²) in [6, 6.07) is 0. The van der Waals surface area contributed by atoms with Gasteiger partial charge in [-0.2, -0.15) is 0 Å². The van der Waals surface area contributed by atoms with Gasteiger partial charge < -0.3 is 19.7 Å². The first-order valence-corrected chi connectivity index (χ1v) is 6.50. The third kappa shape index (κ3) is 1.52. The highest BCUT2D eigenvalue weighted by molar-refractivity contribution is 6.26. The molecular weight excluding hydrogens is 260 g/mol.